The zero-order valence-corrected chi connectivity index (χ0v) is 9.32. The summed E-state index contributed by atoms with van der Waals surface area (Å²) in [6.45, 7) is 0. The molecule has 0 N–H and O–H groups in total. The summed E-state index contributed by atoms with van der Waals surface area (Å²) >= 11 is 3.10. The molecule has 0 bridgehead atoms. The van der Waals surface area contributed by atoms with E-state index in [1.54, 1.807) is 6.07 Å². The molecule has 0 saturated carbocycles. The molecular weight excluding hydrogens is 259 g/mol. The molecule has 0 aliphatic carbocycles. The molecule has 0 aromatic heterocycles. The van der Waals surface area contributed by atoms with Crippen molar-refractivity contribution in [3.05, 3.63) is 29.6 Å². The van der Waals surface area contributed by atoms with E-state index in [0.717, 1.165) is 12.3 Å². The second-order valence-electron chi connectivity index (χ2n) is 2.63. The van der Waals surface area contributed by atoms with Crippen LogP contribution in [0.4, 0.5) is 4.39 Å². The predicted molar refractivity (Wildman–Crippen MR) is 52.1 cm³/mol. The summed E-state index contributed by atoms with van der Waals surface area (Å²) in [5.41, 5.74) is 0.447. The van der Waals surface area contributed by atoms with E-state index < -0.39 is 15.7 Å². The Bertz CT molecular complexity index is 414. The molecule has 0 fully saturated rings. The van der Waals surface area contributed by atoms with Crippen LogP contribution in [0.25, 0.3) is 0 Å². The van der Waals surface area contributed by atoms with Gasteiger partial charge in [0.2, 0.25) is 0 Å². The first kappa shape index (κ1) is 10.7. The van der Waals surface area contributed by atoms with Gasteiger partial charge in [-0.25, -0.2) is 12.8 Å². The van der Waals surface area contributed by atoms with E-state index >= 15 is 0 Å². The fraction of sp³-hybridized carbons (Fsp3) is 0.250. The molecule has 0 heterocycles. The van der Waals surface area contributed by atoms with Crippen LogP contribution >= 0.6 is 15.9 Å². The van der Waals surface area contributed by atoms with Crippen molar-refractivity contribution in [3.63, 3.8) is 0 Å². The average molecular weight is 267 g/mol. The van der Waals surface area contributed by atoms with Crippen LogP contribution in [0.2, 0.25) is 0 Å². The molecule has 0 aliphatic heterocycles. The van der Waals surface area contributed by atoms with Gasteiger partial charge in [-0.05, 0) is 11.6 Å². The third kappa shape index (κ3) is 2.28. The van der Waals surface area contributed by atoms with Crippen LogP contribution in [0.3, 0.4) is 0 Å². The van der Waals surface area contributed by atoms with Crippen LogP contribution in [-0.4, -0.2) is 14.7 Å². The Balaban J connectivity index is 3.50. The Labute approximate surface area is 84.8 Å². The lowest BCUT2D eigenvalue weighted by Crippen LogP contribution is -2.04. The second-order valence-corrected chi connectivity index (χ2v) is 5.15. The molecule has 13 heavy (non-hydrogen) atoms. The van der Waals surface area contributed by atoms with E-state index in [0.29, 0.717) is 10.9 Å². The maximum absolute atomic E-state index is 13.1. The Morgan fingerprint density at radius 2 is 2.08 bits per heavy atom. The Kier molecular flexibility index (Phi) is 3.08. The van der Waals surface area contributed by atoms with Crippen molar-refractivity contribution in [1.29, 1.82) is 0 Å². The number of benzene rings is 1. The lowest BCUT2D eigenvalue weighted by atomic mass is 10.2. The normalized spacial score (nSPS) is 11.6. The topological polar surface area (TPSA) is 34.1 Å². The van der Waals surface area contributed by atoms with Crippen molar-refractivity contribution in [2.45, 2.75) is 10.2 Å². The molecule has 1 rings (SSSR count). The second kappa shape index (κ2) is 3.75. The first-order valence-corrected chi connectivity index (χ1v) is 6.51. The van der Waals surface area contributed by atoms with Crippen LogP contribution in [-0.2, 0) is 15.2 Å². The van der Waals surface area contributed by atoms with Crippen LogP contribution in [0.5, 0.6) is 0 Å². The average Bonchev–Trinajstić information content (AvgIpc) is 2.01. The number of hydrogen-bond acceptors (Lipinski definition) is 2. The number of halogens is 2. The SMILES string of the molecule is CS(=O)(=O)c1c(F)cccc1CBr. The molecular formula is C8H8BrFO2S. The fourth-order valence-corrected chi connectivity index (χ4v) is 2.77. The van der Waals surface area contributed by atoms with E-state index in [1.165, 1.54) is 6.07 Å². The molecule has 1 aromatic rings. The minimum absolute atomic E-state index is 0.216. The highest BCUT2D eigenvalue weighted by Gasteiger charge is 2.17. The summed E-state index contributed by atoms with van der Waals surface area (Å²) in [6, 6.07) is 4.21. The van der Waals surface area contributed by atoms with Crippen molar-refractivity contribution in [2.75, 3.05) is 6.26 Å². The Morgan fingerprint density at radius 3 is 2.46 bits per heavy atom. The molecule has 0 saturated heterocycles. The molecule has 0 unspecified atom stereocenters. The number of rotatable bonds is 2. The highest BCUT2D eigenvalue weighted by molar-refractivity contribution is 9.08. The summed E-state index contributed by atoms with van der Waals surface area (Å²) < 4.78 is 35.5. The number of alkyl halides is 1. The smallest absolute Gasteiger partial charge is 0.178 e. The van der Waals surface area contributed by atoms with Gasteiger partial charge in [0, 0.05) is 11.6 Å². The van der Waals surface area contributed by atoms with Crippen molar-refractivity contribution in [3.8, 4) is 0 Å². The summed E-state index contributed by atoms with van der Waals surface area (Å²) in [6.07, 6.45) is 0.998. The van der Waals surface area contributed by atoms with Gasteiger partial charge in [-0.3, -0.25) is 0 Å². The standard InChI is InChI=1S/C8H8BrFO2S/c1-13(11,12)8-6(5-9)3-2-4-7(8)10/h2-4H,5H2,1H3. The molecule has 0 amide bonds. The number of hydrogen-bond donors (Lipinski definition) is 0. The first-order valence-electron chi connectivity index (χ1n) is 3.50. The van der Waals surface area contributed by atoms with E-state index in [1.807, 2.05) is 0 Å². The van der Waals surface area contributed by atoms with E-state index in [9.17, 15) is 12.8 Å². The van der Waals surface area contributed by atoms with Gasteiger partial charge in [-0.2, -0.15) is 0 Å². The van der Waals surface area contributed by atoms with Crippen molar-refractivity contribution < 1.29 is 12.8 Å². The third-order valence-corrected chi connectivity index (χ3v) is 3.37. The van der Waals surface area contributed by atoms with Gasteiger partial charge in [-0.1, -0.05) is 28.1 Å². The van der Waals surface area contributed by atoms with Crippen LogP contribution in [0.15, 0.2) is 23.1 Å². The maximum atomic E-state index is 13.1. The largest absolute Gasteiger partial charge is 0.224 e. The monoisotopic (exact) mass is 266 g/mol. The summed E-state index contributed by atoms with van der Waals surface area (Å²) in [5, 5.41) is 0.327. The van der Waals surface area contributed by atoms with E-state index in [4.69, 9.17) is 0 Å². The first-order chi connectivity index (χ1) is 5.96. The molecule has 2 nitrogen and oxygen atoms in total. The Morgan fingerprint density at radius 1 is 1.46 bits per heavy atom. The van der Waals surface area contributed by atoms with Crippen LogP contribution in [0.1, 0.15) is 5.56 Å². The molecule has 0 atom stereocenters. The maximum Gasteiger partial charge on any atom is 0.178 e. The highest BCUT2D eigenvalue weighted by Crippen LogP contribution is 2.21. The molecule has 1 aromatic carbocycles. The lowest BCUT2D eigenvalue weighted by molar-refractivity contribution is 0.568. The molecule has 0 spiro atoms. The van der Waals surface area contributed by atoms with E-state index in [-0.39, 0.29) is 4.90 Å². The van der Waals surface area contributed by atoms with Gasteiger partial charge < -0.3 is 0 Å². The van der Waals surface area contributed by atoms with Crippen LogP contribution in [0, 0.1) is 5.82 Å². The van der Waals surface area contributed by atoms with Gasteiger partial charge in [0.1, 0.15) is 10.7 Å². The molecule has 0 radical (unpaired) electrons. The van der Waals surface area contributed by atoms with Gasteiger partial charge in [0.25, 0.3) is 0 Å². The van der Waals surface area contributed by atoms with Gasteiger partial charge in [0.15, 0.2) is 9.84 Å². The van der Waals surface area contributed by atoms with Crippen molar-refractivity contribution >= 4 is 25.8 Å². The van der Waals surface area contributed by atoms with E-state index in [2.05, 4.69) is 15.9 Å². The molecule has 72 valence electrons. The van der Waals surface area contributed by atoms with Crippen LogP contribution < -0.4 is 0 Å². The summed E-state index contributed by atoms with van der Waals surface area (Å²) in [4.78, 5) is -0.216. The number of sulfone groups is 1. The summed E-state index contributed by atoms with van der Waals surface area (Å²) in [5.74, 6) is -0.695. The predicted octanol–water partition coefficient (Wildman–Crippen LogP) is 2.12. The minimum atomic E-state index is -3.48. The van der Waals surface area contributed by atoms with Gasteiger partial charge >= 0.3 is 0 Å². The zero-order valence-electron chi connectivity index (χ0n) is 6.92. The summed E-state index contributed by atoms with van der Waals surface area (Å²) in [7, 11) is -3.48. The Hall–Kier alpha value is -0.420. The molecule has 0 aliphatic rings. The highest BCUT2D eigenvalue weighted by atomic mass is 79.9. The zero-order chi connectivity index (χ0) is 10.1. The van der Waals surface area contributed by atoms with Gasteiger partial charge in [-0.15, -0.1) is 0 Å². The molecule has 5 heteroatoms. The quantitative estimate of drug-likeness (QED) is 0.769. The lowest BCUT2D eigenvalue weighted by Gasteiger charge is -2.05. The van der Waals surface area contributed by atoms with Crippen molar-refractivity contribution in [1.82, 2.24) is 0 Å². The fourth-order valence-electron chi connectivity index (χ4n) is 1.07. The van der Waals surface area contributed by atoms with Gasteiger partial charge in [0.05, 0.1) is 0 Å². The third-order valence-electron chi connectivity index (χ3n) is 1.56. The van der Waals surface area contributed by atoms with Crippen molar-refractivity contribution in [2.24, 2.45) is 0 Å². The minimum Gasteiger partial charge on any atom is -0.224 e.